The fourth-order valence-electron chi connectivity index (χ4n) is 2.46. The molecule has 0 aliphatic carbocycles. The fourth-order valence-corrected chi connectivity index (χ4v) is 4.61. The average Bonchev–Trinajstić information content (AvgIpc) is 2.96. The molecule has 0 atom stereocenters. The molecular weight excluding hydrogens is 499 g/mol. The Morgan fingerprint density at radius 2 is 1.44 bits per heavy atom. The second-order valence-corrected chi connectivity index (χ2v) is 11.8. The number of nitrogens with one attached hydrogen (secondary N) is 1. The van der Waals surface area contributed by atoms with E-state index in [2.05, 4.69) is 27.6 Å². The molecule has 1 heterocycles. The molecule has 0 unspecified atom stereocenters. The number of aromatic nitrogens is 1. The summed E-state index contributed by atoms with van der Waals surface area (Å²) in [5.41, 5.74) is 8.92. The number of benzene rings is 2. The highest BCUT2D eigenvalue weighted by Gasteiger charge is 2.06. The highest BCUT2D eigenvalue weighted by molar-refractivity contribution is 14.1. The van der Waals surface area contributed by atoms with Gasteiger partial charge in [0.25, 0.3) is 0 Å². The van der Waals surface area contributed by atoms with Crippen LogP contribution in [0.1, 0.15) is 11.1 Å². The second-order valence-electron chi connectivity index (χ2n) is 6.40. The molecule has 6 nitrogen and oxygen atoms in total. The summed E-state index contributed by atoms with van der Waals surface area (Å²) in [6, 6.07) is 12.8. The molecule has 0 spiro atoms. The van der Waals surface area contributed by atoms with Crippen LogP contribution in [0.4, 0.5) is 5.69 Å². The molecule has 27 heavy (non-hydrogen) atoms. The van der Waals surface area contributed by atoms with E-state index in [0.29, 0.717) is 5.69 Å². The maximum atomic E-state index is 11.1. The van der Waals surface area contributed by atoms with Crippen molar-refractivity contribution in [3.63, 3.8) is 0 Å². The Balaban J connectivity index is 0.000000194. The third-order valence-corrected chi connectivity index (χ3v) is 6.19. The number of fused-ring (bicyclic) bond motifs is 1. The first-order valence-corrected chi connectivity index (χ1v) is 13.1. The Morgan fingerprint density at radius 1 is 0.889 bits per heavy atom. The van der Waals surface area contributed by atoms with Gasteiger partial charge in [-0.2, -0.15) is 0 Å². The van der Waals surface area contributed by atoms with Gasteiger partial charge >= 0.3 is 0 Å². The van der Waals surface area contributed by atoms with E-state index in [4.69, 9.17) is 5.73 Å². The first-order chi connectivity index (χ1) is 12.4. The summed E-state index contributed by atoms with van der Waals surface area (Å²) in [6.45, 7) is 0. The monoisotopic (exact) mass is 520 g/mol. The van der Waals surface area contributed by atoms with Crippen LogP contribution in [0.5, 0.6) is 0 Å². The van der Waals surface area contributed by atoms with E-state index in [9.17, 15) is 16.8 Å². The van der Waals surface area contributed by atoms with Crippen LogP contribution in [0.2, 0.25) is 0 Å². The van der Waals surface area contributed by atoms with Gasteiger partial charge in [-0.3, -0.25) is 0 Å². The van der Waals surface area contributed by atoms with E-state index in [1.54, 1.807) is 18.2 Å². The van der Waals surface area contributed by atoms with Crippen molar-refractivity contribution in [2.24, 2.45) is 0 Å². The number of nitrogen functional groups attached to an aromatic ring is 1. The number of anilines is 1. The van der Waals surface area contributed by atoms with Crippen LogP contribution in [0.25, 0.3) is 10.9 Å². The van der Waals surface area contributed by atoms with Gasteiger partial charge in [0, 0.05) is 33.5 Å². The Hall–Kier alpha value is -1.59. The standard InChI is InChI=1S/C10H11NO2S.C8H10INO2S/c1-14(12,13)7-8-2-3-10-9(6-8)4-5-11-10;1-13(11,12)5-6-2-3-8(10)7(9)4-6/h2-6,11H,7H2,1H3;2-4H,5,10H2,1H3. The quantitative estimate of drug-likeness (QED) is 0.406. The lowest BCUT2D eigenvalue weighted by molar-refractivity contribution is 0.599. The van der Waals surface area contributed by atoms with Crippen molar-refractivity contribution in [3.05, 3.63) is 63.4 Å². The molecule has 0 saturated heterocycles. The molecule has 0 amide bonds. The predicted molar refractivity (Wildman–Crippen MR) is 119 cm³/mol. The molecular formula is C18H21IN2O4S2. The molecule has 3 N–H and O–H groups in total. The number of H-pyrrole nitrogens is 1. The molecule has 0 aliphatic heterocycles. The highest BCUT2D eigenvalue weighted by atomic mass is 127. The van der Waals surface area contributed by atoms with Crippen molar-refractivity contribution < 1.29 is 16.8 Å². The van der Waals surface area contributed by atoms with Gasteiger partial charge in [0.05, 0.1) is 11.5 Å². The molecule has 2 aromatic carbocycles. The van der Waals surface area contributed by atoms with Gasteiger partial charge in [0.2, 0.25) is 0 Å². The van der Waals surface area contributed by atoms with E-state index in [1.165, 1.54) is 12.5 Å². The number of hydrogen-bond acceptors (Lipinski definition) is 5. The maximum absolute atomic E-state index is 11.1. The fraction of sp³-hybridized carbons (Fsp3) is 0.222. The van der Waals surface area contributed by atoms with Gasteiger partial charge in [0.15, 0.2) is 19.7 Å². The largest absolute Gasteiger partial charge is 0.398 e. The van der Waals surface area contributed by atoms with E-state index >= 15 is 0 Å². The summed E-state index contributed by atoms with van der Waals surface area (Å²) < 4.78 is 44.9. The van der Waals surface area contributed by atoms with Crippen LogP contribution >= 0.6 is 22.6 Å². The van der Waals surface area contributed by atoms with Crippen molar-refractivity contribution in [1.82, 2.24) is 4.98 Å². The normalized spacial score (nSPS) is 11.8. The van der Waals surface area contributed by atoms with Gasteiger partial charge in [-0.25, -0.2) is 16.8 Å². The van der Waals surface area contributed by atoms with Gasteiger partial charge in [-0.1, -0.05) is 12.1 Å². The predicted octanol–water partition coefficient (Wildman–Crippen LogP) is 3.13. The van der Waals surface area contributed by atoms with Crippen LogP contribution in [0.15, 0.2) is 48.7 Å². The average molecular weight is 520 g/mol. The topological polar surface area (TPSA) is 110 Å². The molecule has 0 radical (unpaired) electrons. The van der Waals surface area contributed by atoms with Gasteiger partial charge in [-0.05, 0) is 69.4 Å². The smallest absolute Gasteiger partial charge is 0.151 e. The number of nitrogens with two attached hydrogens (primary N) is 1. The summed E-state index contributed by atoms with van der Waals surface area (Å²) in [6.07, 6.45) is 4.30. The minimum atomic E-state index is -2.95. The molecule has 146 valence electrons. The third-order valence-electron chi connectivity index (χ3n) is 3.54. The lowest BCUT2D eigenvalue weighted by Gasteiger charge is -2.02. The molecule has 0 bridgehead atoms. The number of hydrogen-bond donors (Lipinski definition) is 2. The van der Waals surface area contributed by atoms with E-state index in [0.717, 1.165) is 25.6 Å². The second kappa shape index (κ2) is 8.61. The Kier molecular flexibility index (Phi) is 6.92. The van der Waals surface area contributed by atoms with Gasteiger partial charge in [-0.15, -0.1) is 0 Å². The van der Waals surface area contributed by atoms with Gasteiger partial charge < -0.3 is 10.7 Å². The molecule has 0 fully saturated rings. The van der Waals surface area contributed by atoms with Crippen molar-refractivity contribution in [2.45, 2.75) is 11.5 Å². The molecule has 0 saturated carbocycles. The summed E-state index contributed by atoms with van der Waals surface area (Å²) in [7, 11) is -5.89. The Bertz CT molecular complexity index is 1150. The van der Waals surface area contributed by atoms with Crippen LogP contribution in [-0.2, 0) is 31.2 Å². The van der Waals surface area contributed by atoms with E-state index in [1.807, 2.05) is 30.5 Å². The number of sulfone groups is 2. The first kappa shape index (κ1) is 21.7. The zero-order valence-corrected chi connectivity index (χ0v) is 18.7. The zero-order valence-electron chi connectivity index (χ0n) is 14.9. The molecule has 3 aromatic rings. The maximum Gasteiger partial charge on any atom is 0.151 e. The zero-order chi connectivity index (χ0) is 20.2. The van der Waals surface area contributed by atoms with Crippen LogP contribution < -0.4 is 5.73 Å². The lowest BCUT2D eigenvalue weighted by atomic mass is 10.2. The van der Waals surface area contributed by atoms with E-state index < -0.39 is 19.7 Å². The lowest BCUT2D eigenvalue weighted by Crippen LogP contribution is -2.01. The minimum absolute atomic E-state index is 0.0727. The summed E-state index contributed by atoms with van der Waals surface area (Å²) in [4.78, 5) is 3.06. The van der Waals surface area contributed by atoms with E-state index in [-0.39, 0.29) is 11.5 Å². The first-order valence-electron chi connectivity index (χ1n) is 7.88. The molecule has 9 heteroatoms. The Labute approximate surface area is 173 Å². The number of rotatable bonds is 4. The third kappa shape index (κ3) is 7.51. The van der Waals surface area contributed by atoms with Crippen molar-refractivity contribution in [3.8, 4) is 0 Å². The van der Waals surface area contributed by atoms with Crippen LogP contribution in [0.3, 0.4) is 0 Å². The molecule has 1 aromatic heterocycles. The van der Waals surface area contributed by atoms with Crippen LogP contribution in [-0.4, -0.2) is 34.3 Å². The van der Waals surface area contributed by atoms with Crippen LogP contribution in [0, 0.1) is 3.57 Å². The summed E-state index contributed by atoms with van der Waals surface area (Å²) in [5.74, 6) is 0.178. The molecule has 3 rings (SSSR count). The SMILES string of the molecule is CS(=O)(=O)Cc1ccc(N)c(I)c1.CS(=O)(=O)Cc1ccc2[nH]ccc2c1. The van der Waals surface area contributed by atoms with Crippen molar-refractivity contribution in [2.75, 3.05) is 18.2 Å². The summed E-state index contributed by atoms with van der Waals surface area (Å²) >= 11 is 2.08. The minimum Gasteiger partial charge on any atom is -0.398 e. The highest BCUT2D eigenvalue weighted by Crippen LogP contribution is 2.17. The van der Waals surface area contributed by atoms with Gasteiger partial charge in [0.1, 0.15) is 0 Å². The number of aromatic amines is 1. The van der Waals surface area contributed by atoms with Crippen molar-refractivity contribution >= 4 is 58.9 Å². The molecule has 0 aliphatic rings. The number of halogens is 1. The Morgan fingerprint density at radius 3 is 2.00 bits per heavy atom. The summed E-state index contributed by atoms with van der Waals surface area (Å²) in [5, 5.41) is 1.05. The van der Waals surface area contributed by atoms with Crippen molar-refractivity contribution in [1.29, 1.82) is 0 Å².